The van der Waals surface area contributed by atoms with Crippen molar-refractivity contribution < 1.29 is 9.53 Å². The number of aromatic amines is 1. The van der Waals surface area contributed by atoms with Crippen molar-refractivity contribution in [1.29, 1.82) is 0 Å². The molecule has 8 nitrogen and oxygen atoms in total. The number of H-pyrrole nitrogens is 1. The second kappa shape index (κ2) is 23.1. The Kier molecular flexibility index (Phi) is 23.3. The van der Waals surface area contributed by atoms with Crippen molar-refractivity contribution in [3.8, 4) is 0 Å². The number of nitrogens with two attached hydrogens (primary N) is 1. The Morgan fingerprint density at radius 2 is 1.59 bits per heavy atom. The summed E-state index contributed by atoms with van der Waals surface area (Å²) in [5.74, 6) is 7.48. The number of halogens is 3. The molecule has 0 aromatic carbocycles. The van der Waals surface area contributed by atoms with Gasteiger partial charge in [-0.3, -0.25) is 5.10 Å². The standard InChI is InChI=1S/C15H25N3O2.C10H21N3S.I2.HI/c1-3-20-15(19)13-11-14(17-16-13)18(2)10-9-12-7-5-4-6-8-12;1-13(10(14)12-11)8-7-9-5-3-2-4-6-9;1-2;/h11-12H,3-10H2,1-2H3,(H,16,17);9H,2-8,11H2,1H3,(H,12,14);;1H. The van der Waals surface area contributed by atoms with Crippen molar-refractivity contribution in [3.05, 3.63) is 11.8 Å². The van der Waals surface area contributed by atoms with Crippen LogP contribution in [0.1, 0.15) is 94.5 Å². The molecule has 0 radical (unpaired) electrons. The Balaban J connectivity index is 0.000000674. The van der Waals surface area contributed by atoms with Gasteiger partial charge in [0.05, 0.1) is 6.61 Å². The van der Waals surface area contributed by atoms with Gasteiger partial charge >= 0.3 is 5.97 Å². The number of carbonyl (C=O) groups excluding carboxylic acids is 1. The predicted octanol–water partition coefficient (Wildman–Crippen LogP) is 7.02. The van der Waals surface area contributed by atoms with E-state index in [9.17, 15) is 4.79 Å². The quantitative estimate of drug-likeness (QED) is 0.0802. The van der Waals surface area contributed by atoms with E-state index in [-0.39, 0.29) is 29.9 Å². The molecule has 2 fully saturated rings. The molecule has 1 aromatic rings. The molecule has 0 bridgehead atoms. The molecule has 37 heavy (non-hydrogen) atoms. The largest absolute Gasteiger partial charge is 0.461 e. The number of nitrogens with one attached hydrogen (secondary N) is 2. The Hall–Kier alpha value is 0.320. The highest BCUT2D eigenvalue weighted by molar-refractivity contribution is 15.0. The lowest BCUT2D eigenvalue weighted by Crippen LogP contribution is -2.41. The minimum absolute atomic E-state index is 0. The van der Waals surface area contributed by atoms with Gasteiger partial charge in [0.2, 0.25) is 0 Å². The number of anilines is 1. The number of carbonyl (C=O) groups is 1. The topological polar surface area (TPSA) is 99.5 Å². The summed E-state index contributed by atoms with van der Waals surface area (Å²) in [6, 6.07) is 1.76. The Bertz CT molecular complexity index is 731. The fraction of sp³-hybridized carbons (Fsp3) is 0.800. The molecular weight excluding hydrogens is 829 g/mol. The van der Waals surface area contributed by atoms with E-state index >= 15 is 0 Å². The van der Waals surface area contributed by atoms with Crippen molar-refractivity contribution >= 4 is 90.3 Å². The molecule has 0 amide bonds. The highest BCUT2D eigenvalue weighted by Gasteiger charge is 2.17. The summed E-state index contributed by atoms with van der Waals surface area (Å²) in [6.07, 6.45) is 16.4. The first-order valence-electron chi connectivity index (χ1n) is 13.2. The highest BCUT2D eigenvalue weighted by Crippen LogP contribution is 2.27. The van der Waals surface area contributed by atoms with Gasteiger partial charge in [-0.1, -0.05) is 64.2 Å². The van der Waals surface area contributed by atoms with Crippen molar-refractivity contribution in [3.63, 3.8) is 0 Å². The highest BCUT2D eigenvalue weighted by atomic mass is 128. The molecular formula is C25H47I3N6O2S. The number of esters is 1. The van der Waals surface area contributed by atoms with E-state index in [1.54, 1.807) is 13.0 Å². The van der Waals surface area contributed by atoms with Crippen LogP contribution >= 0.6 is 73.4 Å². The van der Waals surface area contributed by atoms with Crippen LogP contribution in [0.5, 0.6) is 0 Å². The molecule has 0 atom stereocenters. The van der Waals surface area contributed by atoms with E-state index in [0.29, 0.717) is 17.4 Å². The molecule has 0 unspecified atom stereocenters. The number of nitrogens with zero attached hydrogens (tertiary/aromatic N) is 3. The van der Waals surface area contributed by atoms with E-state index < -0.39 is 0 Å². The average molecular weight is 876 g/mol. The minimum atomic E-state index is -0.341. The van der Waals surface area contributed by atoms with E-state index in [1.807, 2.05) is 19.0 Å². The number of aromatic nitrogens is 2. The molecule has 0 spiro atoms. The lowest BCUT2D eigenvalue weighted by Gasteiger charge is -2.25. The van der Waals surface area contributed by atoms with E-state index in [1.165, 1.54) is 77.0 Å². The molecule has 0 saturated heterocycles. The fourth-order valence-electron chi connectivity index (χ4n) is 4.85. The molecule has 1 heterocycles. The summed E-state index contributed by atoms with van der Waals surface area (Å²) in [7, 11) is 4.01. The first-order valence-corrected chi connectivity index (χ1v) is 19.9. The average Bonchev–Trinajstić information content (AvgIpc) is 3.43. The second-order valence-corrected chi connectivity index (χ2v) is 10.1. The van der Waals surface area contributed by atoms with Crippen LogP contribution in [0.3, 0.4) is 0 Å². The van der Waals surface area contributed by atoms with Crippen LogP contribution in [0.4, 0.5) is 5.82 Å². The summed E-state index contributed by atoms with van der Waals surface area (Å²) in [6.45, 7) is 4.18. The van der Waals surface area contributed by atoms with Crippen molar-refractivity contribution in [2.45, 2.75) is 84.0 Å². The van der Waals surface area contributed by atoms with Crippen molar-refractivity contribution in [2.24, 2.45) is 17.7 Å². The summed E-state index contributed by atoms with van der Waals surface area (Å²) >= 11 is 9.27. The van der Waals surface area contributed by atoms with E-state index in [4.69, 9.17) is 22.8 Å². The molecule has 2 aliphatic carbocycles. The van der Waals surface area contributed by atoms with Gasteiger partial charge in [0.15, 0.2) is 10.9 Å². The molecule has 0 aliphatic heterocycles. The van der Waals surface area contributed by atoms with Gasteiger partial charge in [-0.2, -0.15) is 5.10 Å². The maximum absolute atomic E-state index is 11.6. The van der Waals surface area contributed by atoms with Gasteiger partial charge in [0.1, 0.15) is 5.69 Å². The van der Waals surface area contributed by atoms with Gasteiger partial charge in [-0.15, -0.1) is 24.0 Å². The van der Waals surface area contributed by atoms with Gasteiger partial charge in [0, 0.05) is 70.5 Å². The maximum Gasteiger partial charge on any atom is 0.356 e. The van der Waals surface area contributed by atoms with Crippen LogP contribution in [0, 0.1) is 11.8 Å². The van der Waals surface area contributed by atoms with Gasteiger partial charge < -0.3 is 20.0 Å². The SMILES string of the molecule is CCOC(=O)c1cc(N(C)CCC2CCCCC2)n[nH]1.CN(CCC1CCCCC1)C(=S)NN.I.II. The summed E-state index contributed by atoms with van der Waals surface area (Å²) in [4.78, 5) is 15.7. The monoisotopic (exact) mass is 876 g/mol. The Labute approximate surface area is 270 Å². The number of thiocarbonyl (C=S) groups is 1. The second-order valence-electron chi connectivity index (χ2n) is 9.74. The smallest absolute Gasteiger partial charge is 0.356 e. The minimum Gasteiger partial charge on any atom is -0.461 e. The van der Waals surface area contributed by atoms with Gasteiger partial charge in [0.25, 0.3) is 0 Å². The number of rotatable bonds is 9. The maximum atomic E-state index is 11.6. The first-order chi connectivity index (χ1) is 17.4. The normalized spacial score (nSPS) is 15.6. The van der Waals surface area contributed by atoms with Crippen molar-refractivity contribution in [2.75, 3.05) is 38.7 Å². The molecule has 216 valence electrons. The number of hydrazine groups is 1. The zero-order valence-electron chi connectivity index (χ0n) is 22.6. The first kappa shape index (κ1) is 37.3. The zero-order valence-corrected chi connectivity index (χ0v) is 30.1. The van der Waals surface area contributed by atoms with Crippen LogP contribution in [0.25, 0.3) is 0 Å². The molecule has 1 aromatic heterocycles. The van der Waals surface area contributed by atoms with Crippen LogP contribution in [-0.2, 0) is 4.74 Å². The summed E-state index contributed by atoms with van der Waals surface area (Å²) < 4.78 is 4.95. The molecule has 2 aliphatic rings. The Morgan fingerprint density at radius 1 is 1.08 bits per heavy atom. The Morgan fingerprint density at radius 3 is 2.08 bits per heavy atom. The fourth-order valence-corrected chi connectivity index (χ4v) is 4.94. The van der Waals surface area contributed by atoms with Gasteiger partial charge in [-0.25, -0.2) is 10.6 Å². The summed E-state index contributed by atoms with van der Waals surface area (Å²) in [5.41, 5.74) is 2.93. The zero-order chi connectivity index (χ0) is 26.8. The third-order valence-electron chi connectivity index (χ3n) is 7.12. The van der Waals surface area contributed by atoms with Crippen LogP contribution in [-0.4, -0.2) is 60.0 Å². The number of hydrogen-bond acceptors (Lipinski definition) is 6. The van der Waals surface area contributed by atoms with Crippen LogP contribution in [0.2, 0.25) is 0 Å². The van der Waals surface area contributed by atoms with Crippen LogP contribution in [0.15, 0.2) is 6.07 Å². The summed E-state index contributed by atoms with van der Waals surface area (Å²) in [5, 5.41) is 7.57. The number of hydrogen-bond donors (Lipinski definition) is 3. The third-order valence-corrected chi connectivity index (χ3v) is 7.55. The van der Waals surface area contributed by atoms with Crippen LogP contribution < -0.4 is 16.2 Å². The van der Waals surface area contributed by atoms with Crippen molar-refractivity contribution in [1.82, 2.24) is 20.5 Å². The molecule has 3 rings (SSSR count). The van der Waals surface area contributed by atoms with Gasteiger partial charge in [-0.05, 0) is 43.8 Å². The molecule has 12 heteroatoms. The van der Waals surface area contributed by atoms with E-state index in [0.717, 1.165) is 30.7 Å². The molecule has 4 N–H and O–H groups in total. The lowest BCUT2D eigenvalue weighted by molar-refractivity contribution is 0.0519. The lowest BCUT2D eigenvalue weighted by atomic mass is 9.87. The third kappa shape index (κ3) is 15.6. The van der Waals surface area contributed by atoms with E-state index in [2.05, 4.69) is 57.8 Å². The molecule has 2 saturated carbocycles. The number of ether oxygens (including phenoxy) is 1. The predicted molar refractivity (Wildman–Crippen MR) is 186 cm³/mol.